The van der Waals surface area contributed by atoms with E-state index in [1.54, 1.807) is 0 Å². The fourth-order valence-corrected chi connectivity index (χ4v) is 3.41. The first-order chi connectivity index (χ1) is 17.8. The van der Waals surface area contributed by atoms with Crippen molar-refractivity contribution in [1.82, 2.24) is 10.3 Å². The third-order valence-electron chi connectivity index (χ3n) is 5.29. The second kappa shape index (κ2) is 11.0. The summed E-state index contributed by atoms with van der Waals surface area (Å²) in [6.45, 7) is -2.54. The van der Waals surface area contributed by atoms with E-state index in [-0.39, 0.29) is 16.9 Å². The summed E-state index contributed by atoms with van der Waals surface area (Å²) >= 11 is 0. The Hall–Kier alpha value is -4.20. The monoisotopic (exact) mass is 544 g/mol. The molecule has 0 radical (unpaired) electrons. The zero-order chi connectivity index (χ0) is 28.1. The smallest absolute Gasteiger partial charge is 0.422 e. The number of rotatable bonds is 10. The van der Waals surface area contributed by atoms with Gasteiger partial charge < -0.3 is 21.0 Å². The quantitative estimate of drug-likeness (QED) is 0.0889. The van der Waals surface area contributed by atoms with Gasteiger partial charge in [-0.05, 0) is 48.5 Å². The summed E-state index contributed by atoms with van der Waals surface area (Å²) in [5.74, 6) is -2.73. The molecule has 0 aliphatic heterocycles. The van der Waals surface area contributed by atoms with Crippen LogP contribution < -0.4 is 15.9 Å². The minimum atomic E-state index is -4.55. The van der Waals surface area contributed by atoms with Crippen LogP contribution in [0.5, 0.6) is 5.75 Å². The molecule has 0 aliphatic rings. The van der Waals surface area contributed by atoms with Crippen LogP contribution in [0.1, 0.15) is 27.2 Å². The molecule has 1 heterocycles. The van der Waals surface area contributed by atoms with Gasteiger partial charge in [-0.1, -0.05) is 0 Å². The summed E-state index contributed by atoms with van der Waals surface area (Å²) in [5.41, 5.74) is -5.48. The molecule has 0 spiro atoms. The Morgan fingerprint density at radius 3 is 2.24 bits per heavy atom. The minimum Gasteiger partial charge on any atom is -0.484 e. The SMILES string of the molecule is N/N=C\NCC(O)(c1ccc(F)cc1F)C(F)(F)c1ccc(C(=O)c2ccc(OCC(F)(F)F)cc2)cn1. The Bertz CT molecular complexity index is 1300. The number of nitrogens with two attached hydrogens (primary N) is 1. The Morgan fingerprint density at radius 2 is 1.68 bits per heavy atom. The van der Waals surface area contributed by atoms with E-state index < -0.39 is 59.5 Å². The number of carbonyl (C=O) groups is 1. The lowest BCUT2D eigenvalue weighted by molar-refractivity contribution is -0.195. The zero-order valence-electron chi connectivity index (χ0n) is 19.1. The number of carbonyl (C=O) groups excluding carboxylic acids is 1. The lowest BCUT2D eigenvalue weighted by Crippen LogP contribution is -2.51. The number of hydrogen-bond acceptors (Lipinski definition) is 6. The molecule has 0 fully saturated rings. The summed E-state index contributed by atoms with van der Waals surface area (Å²) in [5, 5.41) is 16.2. The number of nitrogens with one attached hydrogen (secondary N) is 1. The van der Waals surface area contributed by atoms with Crippen LogP contribution in [0, 0.1) is 11.6 Å². The van der Waals surface area contributed by atoms with Gasteiger partial charge in [-0.2, -0.15) is 27.1 Å². The molecule has 0 saturated carbocycles. The molecule has 202 valence electrons. The molecule has 14 heteroatoms. The van der Waals surface area contributed by atoms with Crippen LogP contribution in [0.2, 0.25) is 0 Å². The molecule has 0 bridgehead atoms. The molecule has 0 saturated heterocycles. The van der Waals surface area contributed by atoms with Gasteiger partial charge in [-0.25, -0.2) is 8.78 Å². The summed E-state index contributed by atoms with van der Waals surface area (Å²) in [7, 11) is 0. The number of pyridine rings is 1. The van der Waals surface area contributed by atoms with Crippen LogP contribution in [0.3, 0.4) is 0 Å². The van der Waals surface area contributed by atoms with E-state index in [4.69, 9.17) is 5.84 Å². The highest BCUT2D eigenvalue weighted by molar-refractivity contribution is 6.08. The van der Waals surface area contributed by atoms with Gasteiger partial charge in [0.25, 0.3) is 0 Å². The first kappa shape index (κ1) is 28.4. The topological polar surface area (TPSA) is 110 Å². The third-order valence-corrected chi connectivity index (χ3v) is 5.29. The number of ether oxygens (including phenoxy) is 1. The van der Waals surface area contributed by atoms with Crippen molar-refractivity contribution in [2.45, 2.75) is 17.7 Å². The van der Waals surface area contributed by atoms with Crippen molar-refractivity contribution in [2.24, 2.45) is 10.9 Å². The predicted molar refractivity (Wildman–Crippen MR) is 120 cm³/mol. The Balaban J connectivity index is 1.88. The van der Waals surface area contributed by atoms with Crippen LogP contribution in [0.25, 0.3) is 0 Å². The molecule has 0 aliphatic carbocycles. The number of hydrazone groups is 1. The molecule has 3 rings (SSSR count). The second-order valence-electron chi connectivity index (χ2n) is 7.91. The molecular weight excluding hydrogens is 525 g/mol. The van der Waals surface area contributed by atoms with Gasteiger partial charge in [0.2, 0.25) is 0 Å². The average Bonchev–Trinajstić information content (AvgIpc) is 2.87. The van der Waals surface area contributed by atoms with Gasteiger partial charge in [0.1, 0.15) is 29.4 Å². The summed E-state index contributed by atoms with van der Waals surface area (Å²) in [6.07, 6.45) is -2.99. The van der Waals surface area contributed by atoms with Gasteiger partial charge in [0.15, 0.2) is 18.0 Å². The van der Waals surface area contributed by atoms with Crippen LogP contribution in [-0.2, 0) is 11.5 Å². The minimum absolute atomic E-state index is 0.000767. The van der Waals surface area contributed by atoms with Crippen molar-refractivity contribution < 1.29 is 45.4 Å². The fraction of sp³-hybridized carbons (Fsp3) is 0.208. The zero-order valence-corrected chi connectivity index (χ0v) is 19.1. The Labute approximate surface area is 210 Å². The Morgan fingerprint density at radius 1 is 1.03 bits per heavy atom. The number of hydrogen-bond donors (Lipinski definition) is 3. The summed E-state index contributed by atoms with van der Waals surface area (Å²) in [6, 6.07) is 7.98. The Kier molecular flexibility index (Phi) is 8.25. The summed E-state index contributed by atoms with van der Waals surface area (Å²) in [4.78, 5) is 16.3. The van der Waals surface area contributed by atoms with Crippen LogP contribution in [0.15, 0.2) is 65.9 Å². The van der Waals surface area contributed by atoms with Crippen LogP contribution >= 0.6 is 0 Å². The van der Waals surface area contributed by atoms with Crippen molar-refractivity contribution in [2.75, 3.05) is 13.2 Å². The molecule has 1 atom stereocenters. The first-order valence-corrected chi connectivity index (χ1v) is 10.6. The van der Waals surface area contributed by atoms with Gasteiger partial charge in [0.05, 0.1) is 6.54 Å². The standard InChI is InChI=1S/C24H19F7N4O3/c25-16-4-7-18(19(26)9-16)22(37,11-33-13-35-32)24(30,31)20-8-3-15(10-34-20)21(36)14-1-5-17(6-2-14)38-12-23(27,28)29/h1-10,13,37H,11-12,32H2,(H,33,35). The molecule has 1 aromatic heterocycles. The van der Waals surface area contributed by atoms with E-state index in [0.29, 0.717) is 18.2 Å². The average molecular weight is 544 g/mol. The van der Waals surface area contributed by atoms with Crippen molar-refractivity contribution in [3.8, 4) is 5.75 Å². The van der Waals surface area contributed by atoms with Crippen molar-refractivity contribution in [1.29, 1.82) is 0 Å². The highest BCUT2D eigenvalue weighted by atomic mass is 19.4. The van der Waals surface area contributed by atoms with Gasteiger partial charge in [-0.3, -0.25) is 9.78 Å². The van der Waals surface area contributed by atoms with E-state index in [1.165, 1.54) is 12.1 Å². The lowest BCUT2D eigenvalue weighted by atomic mass is 9.84. The second-order valence-corrected chi connectivity index (χ2v) is 7.91. The molecule has 1 unspecified atom stereocenters. The number of ketones is 1. The molecular formula is C24H19F7N4O3. The number of aliphatic hydroxyl groups is 1. The molecule has 3 aromatic rings. The molecule has 38 heavy (non-hydrogen) atoms. The molecule has 7 nitrogen and oxygen atoms in total. The number of aromatic nitrogens is 1. The number of benzene rings is 2. The van der Waals surface area contributed by atoms with E-state index in [2.05, 4.69) is 20.1 Å². The normalized spacial score (nSPS) is 13.8. The van der Waals surface area contributed by atoms with Crippen molar-refractivity contribution in [3.63, 3.8) is 0 Å². The number of alkyl halides is 5. The highest BCUT2D eigenvalue weighted by Gasteiger charge is 2.57. The largest absolute Gasteiger partial charge is 0.484 e. The van der Waals surface area contributed by atoms with Crippen molar-refractivity contribution in [3.05, 3.63) is 94.8 Å². The predicted octanol–water partition coefficient (Wildman–Crippen LogP) is 4.00. The fourth-order valence-electron chi connectivity index (χ4n) is 3.41. The molecule has 2 aromatic carbocycles. The van der Waals surface area contributed by atoms with Gasteiger partial charge in [-0.15, -0.1) is 0 Å². The highest BCUT2D eigenvalue weighted by Crippen LogP contribution is 2.45. The third kappa shape index (κ3) is 6.19. The van der Waals surface area contributed by atoms with E-state index in [9.17, 15) is 31.9 Å². The lowest BCUT2D eigenvalue weighted by Gasteiger charge is -2.36. The van der Waals surface area contributed by atoms with Crippen molar-refractivity contribution >= 4 is 12.1 Å². The number of nitrogens with zero attached hydrogens (tertiary/aromatic N) is 2. The maximum atomic E-state index is 15.6. The number of halogens is 7. The van der Waals surface area contributed by atoms with Gasteiger partial charge in [0, 0.05) is 29.0 Å². The first-order valence-electron chi connectivity index (χ1n) is 10.6. The van der Waals surface area contributed by atoms with E-state index >= 15 is 8.78 Å². The maximum Gasteiger partial charge on any atom is 0.422 e. The van der Waals surface area contributed by atoms with Crippen LogP contribution in [0.4, 0.5) is 30.7 Å². The van der Waals surface area contributed by atoms with Crippen LogP contribution in [-0.4, -0.2) is 41.5 Å². The van der Waals surface area contributed by atoms with E-state index in [0.717, 1.165) is 36.8 Å². The molecule has 0 amide bonds. The van der Waals surface area contributed by atoms with Gasteiger partial charge >= 0.3 is 12.1 Å². The maximum absolute atomic E-state index is 15.6. The van der Waals surface area contributed by atoms with E-state index in [1.807, 2.05) is 0 Å². The molecule has 4 N–H and O–H groups in total. The summed E-state index contributed by atoms with van der Waals surface area (Å²) < 4.78 is 100.